The van der Waals surface area contributed by atoms with Crippen molar-refractivity contribution in [2.45, 2.75) is 6.42 Å². The molecule has 0 aromatic carbocycles. The number of thioether (sulfide) groups is 1. The van der Waals surface area contributed by atoms with Gasteiger partial charge in [0.05, 0.1) is 0 Å². The van der Waals surface area contributed by atoms with Gasteiger partial charge < -0.3 is 5.32 Å². The third-order valence-corrected chi connectivity index (χ3v) is 2.65. The Morgan fingerprint density at radius 1 is 1.69 bits per heavy atom. The zero-order valence-electron chi connectivity index (χ0n) is 7.53. The monoisotopic (exact) mass is 201 g/mol. The normalized spacial score (nSPS) is 20.6. The minimum absolute atomic E-state index is 0.00130. The highest BCUT2D eigenvalue weighted by molar-refractivity contribution is 8.14. The molecule has 0 aromatic rings. The molecular formula is C7H11N3O2S. The summed E-state index contributed by atoms with van der Waals surface area (Å²) >= 11 is 1.41. The summed E-state index contributed by atoms with van der Waals surface area (Å²) in [5.41, 5.74) is 0. The van der Waals surface area contributed by atoms with E-state index in [2.05, 4.69) is 10.3 Å². The highest BCUT2D eigenvalue weighted by atomic mass is 32.2. The second kappa shape index (κ2) is 4.27. The molecule has 1 aliphatic heterocycles. The number of aliphatic imine (C=N–C) groups is 1. The molecule has 72 valence electrons. The van der Waals surface area contributed by atoms with Gasteiger partial charge in [-0.3, -0.25) is 9.69 Å². The lowest BCUT2D eigenvalue weighted by molar-refractivity contribution is -0.126. The van der Waals surface area contributed by atoms with E-state index < -0.39 is 6.03 Å². The molecule has 0 spiro atoms. The Hall–Kier alpha value is -1.04. The summed E-state index contributed by atoms with van der Waals surface area (Å²) in [6, 6.07) is -0.427. The molecule has 1 saturated heterocycles. The fourth-order valence-electron chi connectivity index (χ4n) is 0.851. The van der Waals surface area contributed by atoms with Gasteiger partial charge in [0, 0.05) is 26.3 Å². The van der Waals surface area contributed by atoms with Crippen molar-refractivity contribution in [2.75, 3.05) is 19.8 Å². The molecule has 0 atom stereocenters. The second-order valence-electron chi connectivity index (χ2n) is 2.50. The van der Waals surface area contributed by atoms with Crippen molar-refractivity contribution in [1.29, 1.82) is 0 Å². The van der Waals surface area contributed by atoms with Crippen molar-refractivity contribution in [3.05, 3.63) is 0 Å². The molecule has 0 aliphatic carbocycles. The van der Waals surface area contributed by atoms with Crippen LogP contribution in [0.15, 0.2) is 4.99 Å². The van der Waals surface area contributed by atoms with E-state index in [1.165, 1.54) is 23.7 Å². The van der Waals surface area contributed by atoms with Crippen LogP contribution in [0.25, 0.3) is 0 Å². The predicted octanol–water partition coefficient (Wildman–Crippen LogP) is 0.277. The van der Waals surface area contributed by atoms with Crippen LogP contribution < -0.4 is 5.32 Å². The molecule has 0 radical (unpaired) electrons. The van der Waals surface area contributed by atoms with Crippen molar-refractivity contribution < 1.29 is 9.59 Å². The van der Waals surface area contributed by atoms with Crippen LogP contribution in [0.4, 0.5) is 4.79 Å². The Kier molecular flexibility index (Phi) is 3.30. The summed E-state index contributed by atoms with van der Waals surface area (Å²) in [6.45, 7) is 0. The minimum atomic E-state index is -0.427. The lowest BCUT2D eigenvalue weighted by Crippen LogP contribution is -2.36. The minimum Gasteiger partial charge on any atom is -0.339 e. The van der Waals surface area contributed by atoms with E-state index in [0.29, 0.717) is 17.3 Å². The van der Waals surface area contributed by atoms with Gasteiger partial charge in [-0.1, -0.05) is 11.8 Å². The van der Waals surface area contributed by atoms with Crippen LogP contribution in [0.5, 0.6) is 0 Å². The Bertz CT molecular complexity index is 264. The average Bonchev–Trinajstić information content (AvgIpc) is 2.13. The van der Waals surface area contributed by atoms with E-state index in [1.54, 1.807) is 7.05 Å². The maximum atomic E-state index is 11.2. The van der Waals surface area contributed by atoms with Crippen LogP contribution in [-0.2, 0) is 4.79 Å². The van der Waals surface area contributed by atoms with Crippen molar-refractivity contribution in [3.63, 3.8) is 0 Å². The van der Waals surface area contributed by atoms with E-state index in [1.807, 2.05) is 0 Å². The third-order valence-electron chi connectivity index (χ3n) is 1.62. The number of hydrogen-bond donors (Lipinski definition) is 1. The molecule has 1 fully saturated rings. The standard InChI is InChI=1S/C7H11N3O2S/c1-8-6(12)9-7-10(2)5(11)3-4-13-7/h3-4H2,1-2H3,(H,8,12). The molecule has 1 rings (SSSR count). The van der Waals surface area contributed by atoms with Crippen molar-refractivity contribution in [2.24, 2.45) is 4.99 Å². The van der Waals surface area contributed by atoms with E-state index in [0.717, 1.165) is 0 Å². The Morgan fingerprint density at radius 2 is 2.38 bits per heavy atom. The van der Waals surface area contributed by atoms with Crippen molar-refractivity contribution >= 4 is 28.9 Å². The van der Waals surface area contributed by atoms with Gasteiger partial charge in [-0.05, 0) is 0 Å². The number of nitrogens with one attached hydrogen (secondary N) is 1. The van der Waals surface area contributed by atoms with Crippen LogP contribution in [-0.4, -0.2) is 41.9 Å². The first-order chi connectivity index (χ1) is 6.15. The van der Waals surface area contributed by atoms with Crippen LogP contribution in [0.1, 0.15) is 6.42 Å². The highest BCUT2D eigenvalue weighted by Gasteiger charge is 2.21. The number of urea groups is 1. The number of rotatable bonds is 0. The van der Waals surface area contributed by atoms with Crippen LogP contribution in [0.3, 0.4) is 0 Å². The molecule has 0 bridgehead atoms. The molecule has 13 heavy (non-hydrogen) atoms. The average molecular weight is 201 g/mol. The lowest BCUT2D eigenvalue weighted by atomic mass is 10.4. The van der Waals surface area contributed by atoms with Gasteiger partial charge in [0.25, 0.3) is 0 Å². The summed E-state index contributed by atoms with van der Waals surface area (Å²) in [6.07, 6.45) is 0.508. The number of carbonyl (C=O) groups excluding carboxylic acids is 2. The largest absolute Gasteiger partial charge is 0.343 e. The smallest absolute Gasteiger partial charge is 0.339 e. The van der Waals surface area contributed by atoms with Crippen LogP contribution in [0.2, 0.25) is 0 Å². The van der Waals surface area contributed by atoms with Crippen LogP contribution >= 0.6 is 11.8 Å². The molecule has 1 N–H and O–H groups in total. The van der Waals surface area contributed by atoms with Gasteiger partial charge in [0.15, 0.2) is 5.17 Å². The van der Waals surface area contributed by atoms with Gasteiger partial charge in [-0.15, -0.1) is 0 Å². The summed E-state index contributed by atoms with van der Waals surface area (Å²) in [5.74, 6) is 0.695. The maximum Gasteiger partial charge on any atom is 0.343 e. The SMILES string of the molecule is CNC(=O)N=C1SCCC(=O)N1C. The number of carbonyl (C=O) groups is 2. The third kappa shape index (κ3) is 2.45. The molecule has 5 nitrogen and oxygen atoms in total. The molecule has 3 amide bonds. The number of amidine groups is 1. The van der Waals surface area contributed by atoms with Gasteiger partial charge in [0.2, 0.25) is 5.91 Å². The zero-order valence-corrected chi connectivity index (χ0v) is 8.35. The zero-order chi connectivity index (χ0) is 9.84. The van der Waals surface area contributed by atoms with E-state index >= 15 is 0 Å². The fourth-order valence-corrected chi connectivity index (χ4v) is 1.75. The summed E-state index contributed by atoms with van der Waals surface area (Å²) in [4.78, 5) is 27.2. The van der Waals surface area contributed by atoms with Gasteiger partial charge in [0.1, 0.15) is 0 Å². The first-order valence-electron chi connectivity index (χ1n) is 3.85. The molecular weight excluding hydrogens is 190 g/mol. The summed E-state index contributed by atoms with van der Waals surface area (Å²) in [7, 11) is 3.12. The number of hydrogen-bond acceptors (Lipinski definition) is 3. The predicted molar refractivity (Wildman–Crippen MR) is 51.7 cm³/mol. The second-order valence-corrected chi connectivity index (χ2v) is 3.56. The lowest BCUT2D eigenvalue weighted by Gasteiger charge is -2.22. The Labute approximate surface area is 80.6 Å². The topological polar surface area (TPSA) is 61.8 Å². The van der Waals surface area contributed by atoms with Crippen molar-refractivity contribution in [1.82, 2.24) is 10.2 Å². The Balaban J connectivity index is 2.73. The van der Waals surface area contributed by atoms with E-state index in [9.17, 15) is 9.59 Å². The first kappa shape index (κ1) is 10.0. The van der Waals surface area contributed by atoms with Crippen molar-refractivity contribution in [3.8, 4) is 0 Å². The molecule has 0 unspecified atom stereocenters. The molecule has 1 aliphatic rings. The molecule has 0 aromatic heterocycles. The van der Waals surface area contributed by atoms with Gasteiger partial charge in [-0.2, -0.15) is 4.99 Å². The highest BCUT2D eigenvalue weighted by Crippen LogP contribution is 2.16. The Morgan fingerprint density at radius 3 is 3.00 bits per heavy atom. The quantitative estimate of drug-likeness (QED) is 0.612. The maximum absolute atomic E-state index is 11.2. The number of amides is 3. The summed E-state index contributed by atoms with van der Waals surface area (Å²) in [5, 5.41) is 2.84. The van der Waals surface area contributed by atoms with E-state index in [-0.39, 0.29) is 5.91 Å². The fraction of sp³-hybridized carbons (Fsp3) is 0.571. The number of nitrogens with zero attached hydrogens (tertiary/aromatic N) is 2. The molecule has 1 heterocycles. The van der Waals surface area contributed by atoms with Crippen LogP contribution in [0, 0.1) is 0 Å². The first-order valence-corrected chi connectivity index (χ1v) is 4.83. The molecule has 0 saturated carbocycles. The molecule has 6 heteroatoms. The van der Waals surface area contributed by atoms with E-state index in [4.69, 9.17) is 0 Å². The van der Waals surface area contributed by atoms with Gasteiger partial charge in [-0.25, -0.2) is 4.79 Å². The van der Waals surface area contributed by atoms with Gasteiger partial charge >= 0.3 is 6.03 Å². The summed E-state index contributed by atoms with van der Waals surface area (Å²) < 4.78 is 0.